The predicted octanol–water partition coefficient (Wildman–Crippen LogP) is 3.07. The molecule has 3 aromatic rings. The Balaban J connectivity index is 2.20. The van der Waals surface area contributed by atoms with E-state index in [-0.39, 0.29) is 0 Å². The third-order valence-electron chi connectivity index (χ3n) is 2.72. The van der Waals surface area contributed by atoms with Crippen molar-refractivity contribution >= 4 is 16.3 Å². The van der Waals surface area contributed by atoms with Crippen LogP contribution in [-0.4, -0.2) is 14.4 Å². The molecule has 0 spiro atoms. The minimum absolute atomic E-state index is 0.926. The highest BCUT2D eigenvalue weighted by Crippen LogP contribution is 2.25. The van der Waals surface area contributed by atoms with Crippen LogP contribution in [0.15, 0.2) is 30.6 Å². The minimum Gasteiger partial charge on any atom is -0.294 e. The maximum atomic E-state index is 4.58. The Bertz CT molecular complexity index is 637. The molecule has 0 aromatic carbocycles. The Labute approximate surface area is 97.4 Å². The molecule has 0 fully saturated rings. The summed E-state index contributed by atoms with van der Waals surface area (Å²) in [4.78, 5) is 11.2. The molecule has 3 nitrogen and oxygen atoms in total. The molecule has 16 heavy (non-hydrogen) atoms. The van der Waals surface area contributed by atoms with E-state index in [9.17, 15) is 0 Å². The van der Waals surface area contributed by atoms with E-state index >= 15 is 0 Å². The number of aryl methyl sites for hydroxylation is 2. The highest BCUT2D eigenvalue weighted by molar-refractivity contribution is 7.17. The lowest BCUT2D eigenvalue weighted by atomic mass is 10.3. The molecule has 0 aliphatic carbocycles. The molecular formula is C12H11N3S. The number of hydrogen-bond donors (Lipinski definition) is 0. The fraction of sp³-hybridized carbons (Fsp3) is 0.167. The minimum atomic E-state index is 0.926. The van der Waals surface area contributed by atoms with Crippen LogP contribution in [0.3, 0.4) is 0 Å². The average Bonchev–Trinajstić information content (AvgIpc) is 2.82. The Kier molecular flexibility index (Phi) is 2.04. The molecule has 3 rings (SSSR count). The molecule has 0 N–H and O–H groups in total. The van der Waals surface area contributed by atoms with Crippen molar-refractivity contribution in [1.29, 1.82) is 0 Å². The number of aromatic nitrogens is 3. The summed E-state index contributed by atoms with van der Waals surface area (Å²) in [6, 6.07) is 5.87. The van der Waals surface area contributed by atoms with Gasteiger partial charge in [-0.25, -0.2) is 4.98 Å². The van der Waals surface area contributed by atoms with Crippen molar-refractivity contribution in [1.82, 2.24) is 14.4 Å². The summed E-state index contributed by atoms with van der Waals surface area (Å²) in [6.45, 7) is 4.23. The number of nitrogens with zero attached hydrogens (tertiary/aromatic N) is 3. The van der Waals surface area contributed by atoms with Crippen LogP contribution in [0.2, 0.25) is 0 Å². The first-order valence-corrected chi connectivity index (χ1v) is 5.94. The van der Waals surface area contributed by atoms with Gasteiger partial charge in [0.2, 0.25) is 0 Å². The van der Waals surface area contributed by atoms with Crippen LogP contribution in [0, 0.1) is 13.8 Å². The van der Waals surface area contributed by atoms with Crippen molar-refractivity contribution in [2.24, 2.45) is 0 Å². The van der Waals surface area contributed by atoms with Crippen LogP contribution in [0.4, 0.5) is 0 Å². The predicted molar refractivity (Wildman–Crippen MR) is 65.8 cm³/mol. The van der Waals surface area contributed by atoms with Crippen molar-refractivity contribution in [3.63, 3.8) is 0 Å². The first-order chi connectivity index (χ1) is 7.75. The van der Waals surface area contributed by atoms with Crippen LogP contribution < -0.4 is 0 Å². The number of hydrogen-bond acceptors (Lipinski definition) is 3. The summed E-state index contributed by atoms with van der Waals surface area (Å²) in [5, 5.41) is 0. The molecule has 0 amide bonds. The lowest BCUT2D eigenvalue weighted by Crippen LogP contribution is -1.83. The van der Waals surface area contributed by atoms with Crippen molar-refractivity contribution < 1.29 is 0 Å². The van der Waals surface area contributed by atoms with Crippen LogP contribution in [-0.2, 0) is 0 Å². The summed E-state index contributed by atoms with van der Waals surface area (Å²) in [5.74, 6) is 0. The molecule has 0 radical (unpaired) electrons. The molecule has 3 heterocycles. The Morgan fingerprint density at radius 1 is 1.19 bits per heavy atom. The molecule has 0 aliphatic rings. The van der Waals surface area contributed by atoms with Gasteiger partial charge in [0, 0.05) is 23.0 Å². The second-order valence-corrected chi connectivity index (χ2v) is 4.92. The monoisotopic (exact) mass is 229 g/mol. The summed E-state index contributed by atoms with van der Waals surface area (Å²) in [5.41, 5.74) is 3.13. The van der Waals surface area contributed by atoms with E-state index in [2.05, 4.69) is 34.4 Å². The van der Waals surface area contributed by atoms with Crippen molar-refractivity contribution in [2.45, 2.75) is 13.8 Å². The van der Waals surface area contributed by atoms with Gasteiger partial charge in [0.1, 0.15) is 5.69 Å². The van der Waals surface area contributed by atoms with E-state index in [0.717, 1.165) is 16.3 Å². The fourth-order valence-corrected chi connectivity index (χ4v) is 2.65. The number of pyridine rings is 1. The molecule has 0 bridgehead atoms. The van der Waals surface area contributed by atoms with Gasteiger partial charge in [-0.15, -0.1) is 11.3 Å². The van der Waals surface area contributed by atoms with E-state index in [4.69, 9.17) is 0 Å². The van der Waals surface area contributed by atoms with Gasteiger partial charge >= 0.3 is 0 Å². The standard InChI is InChI=1S/C12H11N3S/c1-8-9(2)16-12-14-11(7-15(8)12)10-5-3-4-6-13-10/h3-7H,1-2H3. The summed E-state index contributed by atoms with van der Waals surface area (Å²) < 4.78 is 2.13. The van der Waals surface area contributed by atoms with Crippen LogP contribution in [0.5, 0.6) is 0 Å². The van der Waals surface area contributed by atoms with Gasteiger partial charge in [-0.05, 0) is 26.0 Å². The fourth-order valence-electron chi connectivity index (χ4n) is 1.69. The molecule has 3 aromatic heterocycles. The van der Waals surface area contributed by atoms with Crippen molar-refractivity contribution in [2.75, 3.05) is 0 Å². The zero-order valence-corrected chi connectivity index (χ0v) is 9.95. The molecule has 0 saturated heterocycles. The van der Waals surface area contributed by atoms with E-state index in [1.165, 1.54) is 10.6 Å². The van der Waals surface area contributed by atoms with Gasteiger partial charge in [0.05, 0.1) is 5.69 Å². The van der Waals surface area contributed by atoms with Crippen LogP contribution in [0.1, 0.15) is 10.6 Å². The molecule has 0 atom stereocenters. The van der Waals surface area contributed by atoms with Crippen LogP contribution in [0.25, 0.3) is 16.3 Å². The summed E-state index contributed by atoms with van der Waals surface area (Å²) >= 11 is 1.72. The first-order valence-electron chi connectivity index (χ1n) is 5.12. The van der Waals surface area contributed by atoms with Crippen molar-refractivity contribution in [3.05, 3.63) is 41.2 Å². The molecule has 0 unspecified atom stereocenters. The van der Waals surface area contributed by atoms with Gasteiger partial charge < -0.3 is 0 Å². The second kappa shape index (κ2) is 3.42. The van der Waals surface area contributed by atoms with E-state index < -0.39 is 0 Å². The number of thiazole rings is 1. The summed E-state index contributed by atoms with van der Waals surface area (Å²) in [7, 11) is 0. The molecule has 0 aliphatic heterocycles. The maximum Gasteiger partial charge on any atom is 0.194 e. The zero-order chi connectivity index (χ0) is 11.1. The zero-order valence-electron chi connectivity index (χ0n) is 9.14. The van der Waals surface area contributed by atoms with Crippen molar-refractivity contribution in [3.8, 4) is 11.4 Å². The second-order valence-electron chi connectivity index (χ2n) is 3.74. The number of fused-ring (bicyclic) bond motifs is 1. The molecular weight excluding hydrogens is 218 g/mol. The van der Waals surface area contributed by atoms with E-state index in [1.807, 2.05) is 18.2 Å². The lowest BCUT2D eigenvalue weighted by molar-refractivity contribution is 1.11. The highest BCUT2D eigenvalue weighted by atomic mass is 32.1. The Hall–Kier alpha value is -1.68. The lowest BCUT2D eigenvalue weighted by Gasteiger charge is -1.93. The normalized spacial score (nSPS) is 11.1. The largest absolute Gasteiger partial charge is 0.294 e. The molecule has 80 valence electrons. The third-order valence-corrected chi connectivity index (χ3v) is 3.79. The molecule has 0 saturated carbocycles. The Morgan fingerprint density at radius 2 is 2.06 bits per heavy atom. The first kappa shape index (κ1) is 9.54. The smallest absolute Gasteiger partial charge is 0.194 e. The topological polar surface area (TPSA) is 30.2 Å². The summed E-state index contributed by atoms with van der Waals surface area (Å²) in [6.07, 6.45) is 3.84. The molecule has 4 heteroatoms. The quantitative estimate of drug-likeness (QED) is 0.642. The Morgan fingerprint density at radius 3 is 2.75 bits per heavy atom. The van der Waals surface area contributed by atoms with Gasteiger partial charge in [0.15, 0.2) is 4.96 Å². The van der Waals surface area contributed by atoms with Gasteiger partial charge in [-0.1, -0.05) is 6.07 Å². The number of imidazole rings is 1. The number of rotatable bonds is 1. The van der Waals surface area contributed by atoms with Crippen LogP contribution >= 0.6 is 11.3 Å². The maximum absolute atomic E-state index is 4.58. The van der Waals surface area contributed by atoms with Gasteiger partial charge in [-0.3, -0.25) is 9.38 Å². The highest BCUT2D eigenvalue weighted by Gasteiger charge is 2.10. The van der Waals surface area contributed by atoms with E-state index in [1.54, 1.807) is 17.5 Å². The van der Waals surface area contributed by atoms with Gasteiger partial charge in [-0.2, -0.15) is 0 Å². The average molecular weight is 229 g/mol. The SMILES string of the molecule is Cc1sc2nc(-c3ccccn3)cn2c1C. The third kappa shape index (κ3) is 1.34. The van der Waals surface area contributed by atoms with E-state index in [0.29, 0.717) is 0 Å². The van der Waals surface area contributed by atoms with Gasteiger partial charge in [0.25, 0.3) is 0 Å².